The third-order valence-electron chi connectivity index (χ3n) is 3.71. The normalized spacial score (nSPS) is 13.0. The molecular formula is C20H19FO4S. The van der Waals surface area contributed by atoms with Gasteiger partial charge in [0, 0.05) is 0 Å². The van der Waals surface area contributed by atoms with Gasteiger partial charge in [-0.15, -0.1) is 0 Å². The lowest BCUT2D eigenvalue weighted by Gasteiger charge is -2.14. The van der Waals surface area contributed by atoms with E-state index >= 15 is 0 Å². The Labute approximate surface area is 156 Å². The van der Waals surface area contributed by atoms with E-state index in [2.05, 4.69) is 0 Å². The summed E-state index contributed by atoms with van der Waals surface area (Å²) in [5.74, 6) is 1.17. The van der Waals surface area contributed by atoms with Crippen molar-refractivity contribution in [2.45, 2.75) is 24.8 Å². The summed E-state index contributed by atoms with van der Waals surface area (Å²) in [6.45, 7) is 3.81. The number of allylic oxidation sites excluding steroid dienone is 1. The van der Waals surface area contributed by atoms with Crippen LogP contribution in [0.4, 0.5) is 4.39 Å². The number of ether oxygens (including phenoxy) is 3. The zero-order chi connectivity index (χ0) is 18.7. The second-order valence-electron chi connectivity index (χ2n) is 5.96. The second-order valence-corrected chi connectivity index (χ2v) is 6.92. The Bertz CT molecular complexity index is 861. The number of benzene rings is 2. The van der Waals surface area contributed by atoms with E-state index in [1.54, 1.807) is 30.0 Å². The molecule has 0 unspecified atom stereocenters. The van der Waals surface area contributed by atoms with E-state index in [1.807, 2.05) is 19.9 Å². The Hall–Kier alpha value is -2.47. The van der Waals surface area contributed by atoms with Crippen molar-refractivity contribution in [2.75, 3.05) is 13.0 Å². The van der Waals surface area contributed by atoms with E-state index in [0.29, 0.717) is 28.6 Å². The van der Waals surface area contributed by atoms with Crippen molar-refractivity contribution < 1.29 is 23.4 Å². The number of hydrogen-bond acceptors (Lipinski definition) is 5. The predicted molar refractivity (Wildman–Crippen MR) is 99.9 cm³/mol. The highest BCUT2D eigenvalue weighted by Crippen LogP contribution is 2.41. The quantitative estimate of drug-likeness (QED) is 0.528. The van der Waals surface area contributed by atoms with E-state index in [1.165, 1.54) is 25.3 Å². The lowest BCUT2D eigenvalue weighted by Crippen LogP contribution is -2.09. The highest BCUT2D eigenvalue weighted by atomic mass is 32.2. The van der Waals surface area contributed by atoms with Crippen LogP contribution >= 0.6 is 11.8 Å². The van der Waals surface area contributed by atoms with Gasteiger partial charge in [0.15, 0.2) is 17.3 Å². The summed E-state index contributed by atoms with van der Waals surface area (Å²) >= 11 is 1.56. The molecule has 6 heteroatoms. The SMILES string of the molecule is COc1ccc(C=CC(=O)c2cc3c(cc2OC(C)C)SCO3)cc1F. The monoisotopic (exact) mass is 374 g/mol. The maximum Gasteiger partial charge on any atom is 0.189 e. The van der Waals surface area contributed by atoms with Crippen LogP contribution in [0.5, 0.6) is 17.2 Å². The summed E-state index contributed by atoms with van der Waals surface area (Å²) in [4.78, 5) is 13.6. The molecule has 0 amide bonds. The van der Waals surface area contributed by atoms with Crippen LogP contribution < -0.4 is 14.2 Å². The fourth-order valence-corrected chi connectivity index (χ4v) is 3.28. The molecular weight excluding hydrogens is 355 g/mol. The maximum absolute atomic E-state index is 13.8. The molecule has 0 saturated heterocycles. The Morgan fingerprint density at radius 2 is 2.08 bits per heavy atom. The summed E-state index contributed by atoms with van der Waals surface area (Å²) in [6.07, 6.45) is 2.90. The summed E-state index contributed by atoms with van der Waals surface area (Å²) < 4.78 is 30.0. The molecule has 0 fully saturated rings. The van der Waals surface area contributed by atoms with E-state index in [-0.39, 0.29) is 17.6 Å². The number of rotatable bonds is 6. The van der Waals surface area contributed by atoms with Crippen LogP contribution in [0.25, 0.3) is 6.08 Å². The van der Waals surface area contributed by atoms with E-state index in [4.69, 9.17) is 14.2 Å². The standard InChI is InChI=1S/C20H19FO4S/c1-12(2)25-18-10-20-19(24-11-26-20)9-14(18)16(22)6-4-13-5-7-17(23-3)15(21)8-13/h4-10,12H,11H2,1-3H3. The number of methoxy groups -OCH3 is 1. The van der Waals surface area contributed by atoms with Gasteiger partial charge in [-0.3, -0.25) is 4.79 Å². The van der Waals surface area contributed by atoms with Gasteiger partial charge in [-0.05, 0) is 49.8 Å². The van der Waals surface area contributed by atoms with Gasteiger partial charge >= 0.3 is 0 Å². The fraction of sp³-hybridized carbons (Fsp3) is 0.250. The highest BCUT2D eigenvalue weighted by molar-refractivity contribution is 7.99. The fourth-order valence-electron chi connectivity index (χ4n) is 2.52. The number of hydrogen-bond donors (Lipinski definition) is 0. The molecule has 0 spiro atoms. The largest absolute Gasteiger partial charge is 0.494 e. The predicted octanol–water partition coefficient (Wildman–Crippen LogP) is 4.96. The van der Waals surface area contributed by atoms with Gasteiger partial charge in [0.1, 0.15) is 17.4 Å². The molecule has 26 heavy (non-hydrogen) atoms. The summed E-state index contributed by atoms with van der Waals surface area (Å²) in [5.41, 5.74) is 0.987. The van der Waals surface area contributed by atoms with Gasteiger partial charge in [0.25, 0.3) is 0 Å². The highest BCUT2D eigenvalue weighted by Gasteiger charge is 2.21. The van der Waals surface area contributed by atoms with Gasteiger partial charge < -0.3 is 14.2 Å². The van der Waals surface area contributed by atoms with Crippen LogP contribution in [-0.4, -0.2) is 24.9 Å². The maximum atomic E-state index is 13.8. The first-order chi connectivity index (χ1) is 12.5. The van der Waals surface area contributed by atoms with Crippen molar-refractivity contribution in [1.82, 2.24) is 0 Å². The van der Waals surface area contributed by atoms with Crippen LogP contribution in [0.3, 0.4) is 0 Å². The second kappa shape index (κ2) is 7.83. The number of halogens is 1. The van der Waals surface area contributed by atoms with Crippen molar-refractivity contribution in [3.63, 3.8) is 0 Å². The van der Waals surface area contributed by atoms with Crippen molar-refractivity contribution in [1.29, 1.82) is 0 Å². The third kappa shape index (κ3) is 4.02. The number of carbonyl (C=O) groups is 1. The minimum atomic E-state index is -0.478. The van der Waals surface area contributed by atoms with Gasteiger partial charge in [-0.1, -0.05) is 23.9 Å². The molecule has 0 N–H and O–H groups in total. The first kappa shape index (κ1) is 18.3. The van der Waals surface area contributed by atoms with Gasteiger partial charge in [-0.25, -0.2) is 4.39 Å². The molecule has 3 rings (SSSR count). The number of carbonyl (C=O) groups excluding carboxylic acids is 1. The zero-order valence-corrected chi connectivity index (χ0v) is 15.6. The molecule has 4 nitrogen and oxygen atoms in total. The smallest absolute Gasteiger partial charge is 0.189 e. The number of ketones is 1. The van der Waals surface area contributed by atoms with E-state index in [0.717, 1.165) is 4.90 Å². The molecule has 0 saturated carbocycles. The average molecular weight is 374 g/mol. The van der Waals surface area contributed by atoms with Gasteiger partial charge in [-0.2, -0.15) is 0 Å². The molecule has 1 aliphatic heterocycles. The number of thioether (sulfide) groups is 1. The Morgan fingerprint density at radius 1 is 1.27 bits per heavy atom. The first-order valence-corrected chi connectivity index (χ1v) is 9.12. The van der Waals surface area contributed by atoms with Gasteiger partial charge in [0.2, 0.25) is 0 Å². The van der Waals surface area contributed by atoms with Crippen LogP contribution in [0.15, 0.2) is 41.3 Å². The average Bonchev–Trinajstić information content (AvgIpc) is 3.06. The summed E-state index contributed by atoms with van der Waals surface area (Å²) in [5, 5.41) is 0. The van der Waals surface area contributed by atoms with E-state index < -0.39 is 5.82 Å². The molecule has 0 bridgehead atoms. The zero-order valence-electron chi connectivity index (χ0n) is 14.7. The number of fused-ring (bicyclic) bond motifs is 1. The molecule has 0 aromatic heterocycles. The van der Waals surface area contributed by atoms with Crippen molar-refractivity contribution in [2.24, 2.45) is 0 Å². The Morgan fingerprint density at radius 3 is 2.77 bits per heavy atom. The van der Waals surface area contributed by atoms with Crippen molar-refractivity contribution >= 4 is 23.6 Å². The molecule has 2 aromatic carbocycles. The summed E-state index contributed by atoms with van der Waals surface area (Å²) in [7, 11) is 1.40. The molecule has 136 valence electrons. The van der Waals surface area contributed by atoms with E-state index in [9.17, 15) is 9.18 Å². The van der Waals surface area contributed by atoms with Gasteiger partial charge in [0.05, 0.1) is 23.7 Å². The molecule has 2 aromatic rings. The first-order valence-electron chi connectivity index (χ1n) is 8.14. The molecule has 0 aliphatic carbocycles. The van der Waals surface area contributed by atoms with Crippen LogP contribution in [0, 0.1) is 5.82 Å². The van der Waals surface area contributed by atoms with Crippen LogP contribution in [0.1, 0.15) is 29.8 Å². The Balaban J connectivity index is 1.88. The minimum Gasteiger partial charge on any atom is -0.494 e. The third-order valence-corrected chi connectivity index (χ3v) is 4.57. The molecule has 0 atom stereocenters. The van der Waals surface area contributed by atoms with Crippen LogP contribution in [0.2, 0.25) is 0 Å². The van der Waals surface area contributed by atoms with Crippen molar-refractivity contribution in [3.05, 3.63) is 53.4 Å². The molecule has 1 heterocycles. The van der Waals surface area contributed by atoms with Crippen LogP contribution in [-0.2, 0) is 0 Å². The lowest BCUT2D eigenvalue weighted by molar-refractivity contribution is 0.104. The van der Waals surface area contributed by atoms with Crippen molar-refractivity contribution in [3.8, 4) is 17.2 Å². The summed E-state index contributed by atoms with van der Waals surface area (Å²) in [6, 6.07) is 8.05. The minimum absolute atomic E-state index is 0.0633. The topological polar surface area (TPSA) is 44.8 Å². The Kier molecular flexibility index (Phi) is 5.52. The molecule has 0 radical (unpaired) electrons. The molecule has 1 aliphatic rings. The lowest BCUT2D eigenvalue weighted by atomic mass is 10.1.